The normalized spacial score (nSPS) is 10.0. The third-order valence-electron chi connectivity index (χ3n) is 2.11. The third kappa shape index (κ3) is 2.82. The summed E-state index contributed by atoms with van der Waals surface area (Å²) in [5.41, 5.74) is 0.475. The number of hydrogen-bond acceptors (Lipinski definition) is 3. The minimum absolute atomic E-state index is 0.0404. The van der Waals surface area contributed by atoms with E-state index in [0.29, 0.717) is 10.6 Å². The molecule has 1 heterocycles. The van der Waals surface area contributed by atoms with E-state index in [0.717, 1.165) is 0 Å². The number of thiol groups is 1. The lowest BCUT2D eigenvalue weighted by Gasteiger charge is -2.06. The van der Waals surface area contributed by atoms with Crippen molar-refractivity contribution in [3.63, 3.8) is 0 Å². The minimum atomic E-state index is -0.579. The van der Waals surface area contributed by atoms with E-state index in [9.17, 15) is 9.18 Å². The van der Waals surface area contributed by atoms with Crippen LogP contribution >= 0.6 is 12.6 Å². The summed E-state index contributed by atoms with van der Waals surface area (Å²) in [6.45, 7) is 0. The van der Waals surface area contributed by atoms with Gasteiger partial charge < -0.3 is 5.32 Å². The fraction of sp³-hybridized carbons (Fsp3) is 0. The van der Waals surface area contributed by atoms with E-state index in [-0.39, 0.29) is 5.56 Å². The third-order valence-corrected chi connectivity index (χ3v) is 2.39. The van der Waals surface area contributed by atoms with Crippen molar-refractivity contribution in [2.75, 3.05) is 5.32 Å². The van der Waals surface area contributed by atoms with E-state index in [1.54, 1.807) is 18.3 Å². The van der Waals surface area contributed by atoms with Crippen LogP contribution in [-0.4, -0.2) is 10.9 Å². The quantitative estimate of drug-likeness (QED) is 0.802. The van der Waals surface area contributed by atoms with Gasteiger partial charge in [-0.2, -0.15) is 0 Å². The zero-order valence-corrected chi connectivity index (χ0v) is 9.62. The molecule has 1 amide bonds. The molecule has 0 bridgehead atoms. The maximum absolute atomic E-state index is 13.4. The predicted molar refractivity (Wildman–Crippen MR) is 65.8 cm³/mol. The van der Waals surface area contributed by atoms with Gasteiger partial charge in [0.15, 0.2) is 0 Å². The second-order valence-electron chi connectivity index (χ2n) is 3.36. The number of halogens is 1. The topological polar surface area (TPSA) is 42.0 Å². The zero-order chi connectivity index (χ0) is 12.3. The second-order valence-corrected chi connectivity index (χ2v) is 3.88. The molecule has 0 saturated heterocycles. The molecule has 0 spiro atoms. The lowest BCUT2D eigenvalue weighted by atomic mass is 10.2. The molecule has 17 heavy (non-hydrogen) atoms. The summed E-state index contributed by atoms with van der Waals surface area (Å²) in [4.78, 5) is 16.2. The monoisotopic (exact) mass is 248 g/mol. The van der Waals surface area contributed by atoms with E-state index in [4.69, 9.17) is 0 Å². The van der Waals surface area contributed by atoms with Gasteiger partial charge in [-0.15, -0.1) is 12.6 Å². The molecule has 0 unspecified atom stereocenters. The predicted octanol–water partition coefficient (Wildman–Crippen LogP) is 2.76. The van der Waals surface area contributed by atoms with Crippen molar-refractivity contribution in [1.82, 2.24) is 4.98 Å². The number of anilines is 1. The Bertz CT molecular complexity index is 545. The first-order valence-electron chi connectivity index (χ1n) is 4.87. The maximum atomic E-state index is 13.4. The molecular formula is C12H9FN2OS. The number of amides is 1. The first-order chi connectivity index (χ1) is 8.16. The fourth-order valence-corrected chi connectivity index (χ4v) is 1.53. The fourth-order valence-electron chi connectivity index (χ4n) is 1.32. The molecule has 0 aliphatic carbocycles. The molecular weight excluding hydrogens is 239 g/mol. The Hall–Kier alpha value is -1.88. The summed E-state index contributed by atoms with van der Waals surface area (Å²) in [6, 6.07) is 7.43. The molecule has 0 radical (unpaired) electrons. The van der Waals surface area contributed by atoms with E-state index in [1.165, 1.54) is 24.4 Å². The molecule has 3 nitrogen and oxygen atoms in total. The Morgan fingerprint density at radius 1 is 1.35 bits per heavy atom. The highest BCUT2D eigenvalue weighted by molar-refractivity contribution is 7.80. The highest BCUT2D eigenvalue weighted by Gasteiger charge is 2.11. The van der Waals surface area contributed by atoms with Crippen molar-refractivity contribution in [3.8, 4) is 0 Å². The molecule has 0 aliphatic rings. The first-order valence-corrected chi connectivity index (χ1v) is 5.31. The largest absolute Gasteiger partial charge is 0.320 e. The minimum Gasteiger partial charge on any atom is -0.320 e. The van der Waals surface area contributed by atoms with Crippen molar-refractivity contribution < 1.29 is 9.18 Å². The van der Waals surface area contributed by atoms with Crippen LogP contribution in [0.5, 0.6) is 0 Å². The maximum Gasteiger partial charge on any atom is 0.258 e. The lowest BCUT2D eigenvalue weighted by Crippen LogP contribution is -2.13. The van der Waals surface area contributed by atoms with Gasteiger partial charge in [0.05, 0.1) is 17.4 Å². The molecule has 0 saturated carbocycles. The van der Waals surface area contributed by atoms with E-state index >= 15 is 0 Å². The van der Waals surface area contributed by atoms with E-state index < -0.39 is 11.7 Å². The Balaban J connectivity index is 2.23. The number of carbonyl (C=O) groups is 1. The van der Waals surface area contributed by atoms with Gasteiger partial charge in [-0.25, -0.2) is 4.39 Å². The molecule has 5 heteroatoms. The Morgan fingerprint density at radius 3 is 2.88 bits per heavy atom. The van der Waals surface area contributed by atoms with Crippen LogP contribution in [0.1, 0.15) is 10.4 Å². The summed E-state index contributed by atoms with van der Waals surface area (Å²) in [5, 5.41) is 2.55. The zero-order valence-electron chi connectivity index (χ0n) is 8.72. The van der Waals surface area contributed by atoms with Crippen LogP contribution in [-0.2, 0) is 0 Å². The van der Waals surface area contributed by atoms with Gasteiger partial charge in [0.1, 0.15) is 5.82 Å². The van der Waals surface area contributed by atoms with Crippen molar-refractivity contribution >= 4 is 24.2 Å². The summed E-state index contributed by atoms with van der Waals surface area (Å²) in [6.07, 6.45) is 3.07. The van der Waals surface area contributed by atoms with Crippen LogP contribution in [0, 0.1) is 5.82 Å². The van der Waals surface area contributed by atoms with Gasteiger partial charge in [0, 0.05) is 11.1 Å². The molecule has 0 atom stereocenters. The number of hydrogen-bond donors (Lipinski definition) is 2. The highest BCUT2D eigenvalue weighted by atomic mass is 32.1. The van der Waals surface area contributed by atoms with E-state index in [2.05, 4.69) is 22.9 Å². The Labute approximate surface area is 103 Å². The molecule has 1 aromatic heterocycles. The summed E-state index contributed by atoms with van der Waals surface area (Å²) in [5.74, 6) is -1.10. The van der Waals surface area contributed by atoms with Crippen LogP contribution in [0.25, 0.3) is 0 Å². The molecule has 2 aromatic rings. The van der Waals surface area contributed by atoms with Crippen molar-refractivity contribution in [2.24, 2.45) is 0 Å². The van der Waals surface area contributed by atoms with E-state index in [1.807, 2.05) is 0 Å². The van der Waals surface area contributed by atoms with Crippen LogP contribution in [0.4, 0.5) is 10.1 Å². The Kier molecular flexibility index (Phi) is 3.39. The second kappa shape index (κ2) is 4.97. The Morgan fingerprint density at radius 2 is 2.18 bits per heavy atom. The average Bonchev–Trinajstić information content (AvgIpc) is 2.33. The molecule has 0 fully saturated rings. The van der Waals surface area contributed by atoms with Crippen molar-refractivity contribution in [1.29, 1.82) is 0 Å². The summed E-state index contributed by atoms with van der Waals surface area (Å²) >= 11 is 4.06. The van der Waals surface area contributed by atoms with Crippen molar-refractivity contribution in [3.05, 3.63) is 54.1 Å². The SMILES string of the molecule is O=C(Nc1cccnc1)c1cc(S)ccc1F. The van der Waals surface area contributed by atoms with Gasteiger partial charge in [-0.05, 0) is 30.3 Å². The molecule has 2 rings (SSSR count). The number of benzene rings is 1. The number of pyridine rings is 1. The van der Waals surface area contributed by atoms with Crippen molar-refractivity contribution in [2.45, 2.75) is 4.90 Å². The number of rotatable bonds is 2. The molecule has 1 aromatic carbocycles. The first kappa shape index (κ1) is 11.6. The molecule has 1 N–H and O–H groups in total. The highest BCUT2D eigenvalue weighted by Crippen LogP contribution is 2.15. The summed E-state index contributed by atoms with van der Waals surface area (Å²) < 4.78 is 13.4. The van der Waals surface area contributed by atoms with Crippen LogP contribution in [0.15, 0.2) is 47.6 Å². The van der Waals surface area contributed by atoms with Gasteiger partial charge in [0.2, 0.25) is 0 Å². The van der Waals surface area contributed by atoms with Gasteiger partial charge in [-0.3, -0.25) is 9.78 Å². The van der Waals surface area contributed by atoms with Gasteiger partial charge in [-0.1, -0.05) is 0 Å². The lowest BCUT2D eigenvalue weighted by molar-refractivity contribution is 0.102. The number of carbonyl (C=O) groups excluding carboxylic acids is 1. The summed E-state index contributed by atoms with van der Waals surface area (Å²) in [7, 11) is 0. The number of nitrogens with one attached hydrogen (secondary N) is 1. The van der Waals surface area contributed by atoms with Crippen LogP contribution < -0.4 is 5.32 Å². The van der Waals surface area contributed by atoms with Crippen LogP contribution in [0.2, 0.25) is 0 Å². The van der Waals surface area contributed by atoms with Gasteiger partial charge >= 0.3 is 0 Å². The molecule has 86 valence electrons. The molecule has 0 aliphatic heterocycles. The van der Waals surface area contributed by atoms with Crippen LogP contribution in [0.3, 0.4) is 0 Å². The van der Waals surface area contributed by atoms with Gasteiger partial charge in [0.25, 0.3) is 5.91 Å². The average molecular weight is 248 g/mol. The number of aromatic nitrogens is 1. The number of nitrogens with zero attached hydrogens (tertiary/aromatic N) is 1. The smallest absolute Gasteiger partial charge is 0.258 e. The standard InChI is InChI=1S/C12H9FN2OS/c13-11-4-3-9(17)6-10(11)12(16)15-8-2-1-5-14-7-8/h1-7,17H,(H,15,16).